The van der Waals surface area contributed by atoms with E-state index in [1.807, 2.05) is 30.3 Å². The molecule has 0 spiro atoms. The smallest absolute Gasteiger partial charge is 0.266 e. The largest absolute Gasteiger partial charge is 0.497 e. The Bertz CT molecular complexity index is 725. The molecule has 124 valence electrons. The molecule has 2 aromatic rings. The Morgan fingerprint density at radius 2 is 1.96 bits per heavy atom. The maximum absolute atomic E-state index is 12.6. The fraction of sp³-hybridized carbons (Fsp3) is 0.263. The van der Waals surface area contributed by atoms with Crippen molar-refractivity contribution in [2.24, 2.45) is 0 Å². The van der Waals surface area contributed by atoms with Gasteiger partial charge in [0.25, 0.3) is 5.91 Å². The highest BCUT2D eigenvalue weighted by Gasteiger charge is 2.30. The average molecular weight is 325 g/mol. The van der Waals surface area contributed by atoms with Crippen molar-refractivity contribution in [2.75, 3.05) is 7.11 Å². The maximum atomic E-state index is 12.6. The number of carbonyl (C=O) groups is 2. The minimum Gasteiger partial charge on any atom is -0.497 e. The van der Waals surface area contributed by atoms with Crippen LogP contribution in [0.5, 0.6) is 11.5 Å². The van der Waals surface area contributed by atoms with Crippen molar-refractivity contribution in [1.29, 1.82) is 0 Å². The van der Waals surface area contributed by atoms with Crippen LogP contribution in [0.3, 0.4) is 0 Å². The van der Waals surface area contributed by atoms with Crippen LogP contribution in [-0.2, 0) is 4.79 Å². The molecule has 5 nitrogen and oxygen atoms in total. The summed E-state index contributed by atoms with van der Waals surface area (Å²) in [6.45, 7) is 0. The SMILES string of the molecule is COc1ccc(O[C@@H](C(=O)NC2CC2)c2ccccc2)c(C=O)c1. The molecule has 0 saturated heterocycles. The number of methoxy groups -OCH3 is 1. The summed E-state index contributed by atoms with van der Waals surface area (Å²) < 4.78 is 11.0. The Morgan fingerprint density at radius 1 is 1.21 bits per heavy atom. The molecule has 0 unspecified atom stereocenters. The van der Waals surface area contributed by atoms with E-state index < -0.39 is 6.10 Å². The zero-order valence-electron chi connectivity index (χ0n) is 13.4. The molecule has 1 fully saturated rings. The summed E-state index contributed by atoms with van der Waals surface area (Å²) in [6, 6.07) is 14.4. The lowest BCUT2D eigenvalue weighted by Crippen LogP contribution is -2.34. The highest BCUT2D eigenvalue weighted by atomic mass is 16.5. The number of hydrogen-bond donors (Lipinski definition) is 1. The van der Waals surface area contributed by atoms with Gasteiger partial charge in [-0.3, -0.25) is 9.59 Å². The summed E-state index contributed by atoms with van der Waals surface area (Å²) in [4.78, 5) is 23.9. The first kappa shape index (κ1) is 16.1. The predicted octanol–water partition coefficient (Wildman–Crippen LogP) is 2.91. The number of hydrogen-bond acceptors (Lipinski definition) is 4. The van der Waals surface area contributed by atoms with Gasteiger partial charge in [-0.05, 0) is 31.0 Å². The van der Waals surface area contributed by atoms with Crippen molar-refractivity contribution in [1.82, 2.24) is 5.32 Å². The second-order valence-electron chi connectivity index (χ2n) is 5.71. The molecule has 5 heteroatoms. The molecule has 3 rings (SSSR count). The molecule has 0 aliphatic heterocycles. The number of benzene rings is 2. The van der Waals surface area contributed by atoms with Gasteiger partial charge in [-0.2, -0.15) is 0 Å². The molecule has 0 heterocycles. The molecule has 24 heavy (non-hydrogen) atoms. The molecule has 1 amide bonds. The molecule has 1 N–H and O–H groups in total. The zero-order chi connectivity index (χ0) is 16.9. The van der Waals surface area contributed by atoms with Crippen molar-refractivity contribution in [2.45, 2.75) is 25.0 Å². The van der Waals surface area contributed by atoms with Crippen LogP contribution in [0.2, 0.25) is 0 Å². The highest BCUT2D eigenvalue weighted by Crippen LogP contribution is 2.29. The summed E-state index contributed by atoms with van der Waals surface area (Å²) >= 11 is 0. The topological polar surface area (TPSA) is 64.6 Å². The van der Waals surface area contributed by atoms with E-state index in [1.165, 1.54) is 7.11 Å². The zero-order valence-corrected chi connectivity index (χ0v) is 13.4. The van der Waals surface area contributed by atoms with Crippen LogP contribution in [0, 0.1) is 0 Å². The summed E-state index contributed by atoms with van der Waals surface area (Å²) in [6.07, 6.45) is 1.88. The third-order valence-corrected chi connectivity index (χ3v) is 3.85. The highest BCUT2D eigenvalue weighted by molar-refractivity contribution is 5.84. The van der Waals surface area contributed by atoms with Crippen molar-refractivity contribution in [3.63, 3.8) is 0 Å². The maximum Gasteiger partial charge on any atom is 0.266 e. The number of ether oxygens (including phenoxy) is 2. The van der Waals surface area contributed by atoms with Gasteiger partial charge in [0.05, 0.1) is 12.7 Å². The van der Waals surface area contributed by atoms with Gasteiger partial charge in [-0.25, -0.2) is 0 Å². The van der Waals surface area contributed by atoms with Crippen molar-refractivity contribution < 1.29 is 19.1 Å². The Hall–Kier alpha value is -2.82. The molecule has 0 radical (unpaired) electrons. The van der Waals surface area contributed by atoms with E-state index in [-0.39, 0.29) is 11.9 Å². The summed E-state index contributed by atoms with van der Waals surface area (Å²) in [5.41, 5.74) is 1.08. The number of carbonyl (C=O) groups excluding carboxylic acids is 2. The van der Waals surface area contributed by atoms with E-state index in [0.717, 1.165) is 18.4 Å². The summed E-state index contributed by atoms with van der Waals surface area (Å²) in [7, 11) is 1.53. The number of amides is 1. The van der Waals surface area contributed by atoms with Crippen molar-refractivity contribution in [3.05, 3.63) is 59.7 Å². The first-order valence-corrected chi connectivity index (χ1v) is 7.86. The van der Waals surface area contributed by atoms with Crippen LogP contribution in [0.15, 0.2) is 48.5 Å². The van der Waals surface area contributed by atoms with Gasteiger partial charge < -0.3 is 14.8 Å². The van der Waals surface area contributed by atoms with Gasteiger partial charge >= 0.3 is 0 Å². The van der Waals surface area contributed by atoms with Crippen LogP contribution in [0.1, 0.15) is 34.9 Å². The van der Waals surface area contributed by atoms with Gasteiger partial charge in [-0.15, -0.1) is 0 Å². The second kappa shape index (κ2) is 7.17. The van der Waals surface area contributed by atoms with E-state index in [4.69, 9.17) is 9.47 Å². The predicted molar refractivity (Wildman–Crippen MR) is 89.4 cm³/mol. The number of rotatable bonds is 7. The normalized spacial score (nSPS) is 14.5. The standard InChI is InChI=1S/C19H19NO4/c1-23-16-9-10-17(14(11-16)12-21)24-18(13-5-3-2-4-6-13)19(22)20-15-7-8-15/h2-6,9-12,15,18H,7-8H2,1H3,(H,20,22)/t18-/m1/s1. The van der Waals surface area contributed by atoms with Crippen molar-refractivity contribution in [3.8, 4) is 11.5 Å². The van der Waals surface area contributed by atoms with E-state index in [2.05, 4.69) is 5.32 Å². The lowest BCUT2D eigenvalue weighted by Gasteiger charge is -2.20. The second-order valence-corrected chi connectivity index (χ2v) is 5.71. The molecule has 1 aliphatic rings. The Morgan fingerprint density at radius 3 is 2.58 bits per heavy atom. The minimum atomic E-state index is -0.807. The van der Waals surface area contributed by atoms with Gasteiger partial charge in [-0.1, -0.05) is 30.3 Å². The van der Waals surface area contributed by atoms with Crippen LogP contribution < -0.4 is 14.8 Å². The van der Waals surface area contributed by atoms with Crippen LogP contribution in [0.4, 0.5) is 0 Å². The average Bonchev–Trinajstić information content (AvgIpc) is 3.44. The van der Waals surface area contributed by atoms with Gasteiger partial charge in [0, 0.05) is 11.6 Å². The molecule has 0 bridgehead atoms. The minimum absolute atomic E-state index is 0.198. The van der Waals surface area contributed by atoms with Crippen LogP contribution in [0.25, 0.3) is 0 Å². The fourth-order valence-corrected chi connectivity index (χ4v) is 2.39. The van der Waals surface area contributed by atoms with Gasteiger partial charge in [0.2, 0.25) is 6.10 Å². The fourth-order valence-electron chi connectivity index (χ4n) is 2.39. The third kappa shape index (κ3) is 3.74. The Kier molecular flexibility index (Phi) is 4.79. The van der Waals surface area contributed by atoms with Crippen LogP contribution in [-0.4, -0.2) is 25.3 Å². The summed E-state index contributed by atoms with van der Waals surface area (Å²) in [5, 5.41) is 2.96. The monoisotopic (exact) mass is 325 g/mol. The first-order chi connectivity index (χ1) is 11.7. The molecule has 0 aromatic heterocycles. The van der Waals surface area contributed by atoms with Crippen molar-refractivity contribution >= 4 is 12.2 Å². The third-order valence-electron chi connectivity index (χ3n) is 3.85. The van der Waals surface area contributed by atoms with E-state index in [0.29, 0.717) is 23.3 Å². The molecule has 2 aromatic carbocycles. The first-order valence-electron chi connectivity index (χ1n) is 7.86. The van der Waals surface area contributed by atoms with E-state index in [9.17, 15) is 9.59 Å². The van der Waals surface area contributed by atoms with Gasteiger partial charge in [0.15, 0.2) is 6.29 Å². The lowest BCUT2D eigenvalue weighted by atomic mass is 10.1. The Labute approximate surface area is 140 Å². The summed E-state index contributed by atoms with van der Waals surface area (Å²) in [5.74, 6) is 0.713. The van der Waals surface area contributed by atoms with Gasteiger partial charge in [0.1, 0.15) is 11.5 Å². The lowest BCUT2D eigenvalue weighted by molar-refractivity contribution is -0.128. The molecule has 1 aliphatic carbocycles. The van der Waals surface area contributed by atoms with E-state index >= 15 is 0 Å². The number of nitrogens with one attached hydrogen (secondary N) is 1. The van der Waals surface area contributed by atoms with Crippen LogP contribution >= 0.6 is 0 Å². The molecular weight excluding hydrogens is 306 g/mol. The molecule has 1 saturated carbocycles. The molecule has 1 atom stereocenters. The van der Waals surface area contributed by atoms with E-state index in [1.54, 1.807) is 18.2 Å². The quantitative estimate of drug-likeness (QED) is 0.795. The molecular formula is C19H19NO4. The Balaban J connectivity index is 1.88. The number of aldehydes is 1.